The zero-order chi connectivity index (χ0) is 15.6. The van der Waals surface area contributed by atoms with E-state index in [1.165, 1.54) is 4.90 Å². The van der Waals surface area contributed by atoms with E-state index in [4.69, 9.17) is 0 Å². The van der Waals surface area contributed by atoms with E-state index >= 15 is 0 Å². The second-order valence-corrected chi connectivity index (χ2v) is 5.80. The van der Waals surface area contributed by atoms with Crippen LogP contribution in [-0.4, -0.2) is 40.2 Å². The molecule has 1 fully saturated rings. The quantitative estimate of drug-likeness (QED) is 0.794. The van der Waals surface area contributed by atoms with Gasteiger partial charge in [0.15, 0.2) is 0 Å². The number of benzene rings is 1. The first kappa shape index (κ1) is 15.2. The molecule has 1 saturated heterocycles. The van der Waals surface area contributed by atoms with Crippen molar-refractivity contribution in [3.8, 4) is 5.75 Å². The van der Waals surface area contributed by atoms with Crippen molar-refractivity contribution in [2.24, 2.45) is 5.41 Å². The molecule has 0 radical (unpaired) electrons. The van der Waals surface area contributed by atoms with Gasteiger partial charge in [0.2, 0.25) is 0 Å². The summed E-state index contributed by atoms with van der Waals surface area (Å²) in [6.45, 7) is 4.11. The highest BCUT2D eigenvalue weighted by atomic mass is 16.4. The fraction of sp³-hybridized carbons (Fsp3) is 0.467. The van der Waals surface area contributed by atoms with Crippen molar-refractivity contribution in [2.45, 2.75) is 26.3 Å². The Bertz CT molecular complexity index is 560. The summed E-state index contributed by atoms with van der Waals surface area (Å²) in [7, 11) is 0. The number of carboxylic acid groups (broad SMARTS) is 1. The highest BCUT2D eigenvalue weighted by Gasteiger charge is 2.42. The molecule has 0 bridgehead atoms. The van der Waals surface area contributed by atoms with Crippen LogP contribution in [0.3, 0.4) is 0 Å². The summed E-state index contributed by atoms with van der Waals surface area (Å²) < 4.78 is 0. The number of likely N-dealkylation sites (tertiary alicyclic amines) is 1. The number of amides is 2. The van der Waals surface area contributed by atoms with E-state index in [0.717, 1.165) is 5.56 Å². The molecule has 1 aliphatic rings. The van der Waals surface area contributed by atoms with Gasteiger partial charge in [-0.25, -0.2) is 4.79 Å². The van der Waals surface area contributed by atoms with Crippen LogP contribution in [0.5, 0.6) is 5.75 Å². The van der Waals surface area contributed by atoms with Gasteiger partial charge < -0.3 is 20.4 Å². The van der Waals surface area contributed by atoms with Crippen LogP contribution in [0.15, 0.2) is 24.3 Å². The molecule has 6 nitrogen and oxygen atoms in total. The molecule has 2 atom stereocenters. The number of carbonyl (C=O) groups is 2. The summed E-state index contributed by atoms with van der Waals surface area (Å²) in [5, 5.41) is 21.5. The minimum atomic E-state index is -0.876. The second-order valence-electron chi connectivity index (χ2n) is 5.80. The largest absolute Gasteiger partial charge is 0.508 e. The van der Waals surface area contributed by atoms with Crippen molar-refractivity contribution >= 4 is 12.0 Å². The number of phenolic OH excluding ortho intramolecular Hbond substituents is 1. The van der Waals surface area contributed by atoms with E-state index in [1.54, 1.807) is 25.1 Å². The van der Waals surface area contributed by atoms with Crippen LogP contribution in [0, 0.1) is 5.41 Å². The number of hydrogen-bond acceptors (Lipinski definition) is 3. The molecule has 21 heavy (non-hydrogen) atoms. The van der Waals surface area contributed by atoms with Crippen LogP contribution in [0.4, 0.5) is 4.79 Å². The van der Waals surface area contributed by atoms with Gasteiger partial charge in [-0.05, 0) is 38.0 Å². The Labute approximate surface area is 123 Å². The topological polar surface area (TPSA) is 89.9 Å². The number of phenols is 1. The highest BCUT2D eigenvalue weighted by Crippen LogP contribution is 2.30. The third-order valence-electron chi connectivity index (χ3n) is 3.99. The lowest BCUT2D eigenvalue weighted by Crippen LogP contribution is -2.41. The summed E-state index contributed by atoms with van der Waals surface area (Å²) in [6.07, 6.45) is 0.455. The van der Waals surface area contributed by atoms with Gasteiger partial charge in [-0.1, -0.05) is 12.1 Å². The van der Waals surface area contributed by atoms with Gasteiger partial charge in [0.1, 0.15) is 5.75 Å². The maximum absolute atomic E-state index is 12.2. The smallest absolute Gasteiger partial charge is 0.317 e. The van der Waals surface area contributed by atoms with Gasteiger partial charge in [-0.3, -0.25) is 4.79 Å². The number of hydrogen-bond donors (Lipinski definition) is 3. The van der Waals surface area contributed by atoms with Gasteiger partial charge in [-0.2, -0.15) is 0 Å². The molecule has 2 unspecified atom stereocenters. The van der Waals surface area contributed by atoms with Crippen LogP contribution >= 0.6 is 0 Å². The first-order valence-corrected chi connectivity index (χ1v) is 6.89. The number of nitrogens with one attached hydrogen (secondary N) is 1. The maximum Gasteiger partial charge on any atom is 0.317 e. The fourth-order valence-corrected chi connectivity index (χ4v) is 2.46. The van der Waals surface area contributed by atoms with E-state index in [-0.39, 0.29) is 24.4 Å². The lowest BCUT2D eigenvalue weighted by Gasteiger charge is -2.23. The molecule has 2 rings (SSSR count). The highest BCUT2D eigenvalue weighted by molar-refractivity contribution is 5.79. The minimum Gasteiger partial charge on any atom is -0.508 e. The fourth-order valence-electron chi connectivity index (χ4n) is 2.46. The van der Waals surface area contributed by atoms with Crippen LogP contribution in [-0.2, 0) is 4.79 Å². The summed E-state index contributed by atoms with van der Waals surface area (Å²) in [6, 6.07) is 6.14. The minimum absolute atomic E-state index is 0.147. The molecule has 0 aliphatic carbocycles. The van der Waals surface area contributed by atoms with Crippen LogP contribution in [0.1, 0.15) is 31.9 Å². The Morgan fingerprint density at radius 3 is 2.71 bits per heavy atom. The number of carboxylic acids is 1. The molecular weight excluding hydrogens is 272 g/mol. The van der Waals surface area contributed by atoms with Gasteiger partial charge >= 0.3 is 12.0 Å². The molecule has 1 aromatic carbocycles. The maximum atomic E-state index is 12.2. The molecule has 1 heterocycles. The molecule has 2 amide bonds. The predicted molar refractivity (Wildman–Crippen MR) is 77.0 cm³/mol. The predicted octanol–water partition coefficient (Wildman–Crippen LogP) is 1.96. The standard InChI is InChI=1S/C15H20N2O4/c1-10(11-4-3-5-12(18)8-11)16-14(21)17-7-6-15(2,9-17)13(19)20/h3-5,8,10,18H,6-7,9H2,1-2H3,(H,16,21)(H,19,20). The molecule has 3 N–H and O–H groups in total. The number of aromatic hydroxyl groups is 1. The molecule has 6 heteroatoms. The van der Waals surface area contributed by atoms with E-state index in [0.29, 0.717) is 13.0 Å². The molecule has 0 saturated carbocycles. The Hall–Kier alpha value is -2.24. The average molecular weight is 292 g/mol. The van der Waals surface area contributed by atoms with Crippen molar-refractivity contribution in [1.82, 2.24) is 10.2 Å². The summed E-state index contributed by atoms with van der Waals surface area (Å²) >= 11 is 0. The average Bonchev–Trinajstić information content (AvgIpc) is 2.83. The molecule has 0 aromatic heterocycles. The van der Waals surface area contributed by atoms with Crippen molar-refractivity contribution < 1.29 is 19.8 Å². The number of aliphatic carboxylic acids is 1. The first-order valence-electron chi connectivity index (χ1n) is 6.89. The molecular formula is C15H20N2O4. The Morgan fingerprint density at radius 1 is 1.43 bits per heavy atom. The van der Waals surface area contributed by atoms with Crippen molar-refractivity contribution in [1.29, 1.82) is 0 Å². The first-order chi connectivity index (χ1) is 9.82. The van der Waals surface area contributed by atoms with Crippen molar-refractivity contribution in [2.75, 3.05) is 13.1 Å². The SMILES string of the molecule is CC(NC(=O)N1CCC(C)(C(=O)O)C1)c1cccc(O)c1. The van der Waals surface area contributed by atoms with E-state index in [2.05, 4.69) is 5.32 Å². The number of rotatable bonds is 3. The van der Waals surface area contributed by atoms with Crippen molar-refractivity contribution in [3.05, 3.63) is 29.8 Å². The number of urea groups is 1. The third kappa shape index (κ3) is 3.26. The van der Waals surface area contributed by atoms with E-state index < -0.39 is 11.4 Å². The molecule has 1 aliphatic heterocycles. The molecule has 114 valence electrons. The van der Waals surface area contributed by atoms with E-state index in [1.807, 2.05) is 13.0 Å². The van der Waals surface area contributed by atoms with Gasteiger partial charge in [0, 0.05) is 13.1 Å². The Kier molecular flexibility index (Phi) is 4.06. The Morgan fingerprint density at radius 2 is 2.14 bits per heavy atom. The van der Waals surface area contributed by atoms with E-state index in [9.17, 15) is 19.8 Å². The summed E-state index contributed by atoms with van der Waals surface area (Å²) in [5.74, 6) is -0.730. The van der Waals surface area contributed by atoms with Gasteiger partial charge in [0.25, 0.3) is 0 Å². The lowest BCUT2D eigenvalue weighted by atomic mass is 9.90. The number of nitrogens with zero attached hydrogens (tertiary/aromatic N) is 1. The number of carbonyl (C=O) groups excluding carboxylic acids is 1. The van der Waals surface area contributed by atoms with Crippen LogP contribution < -0.4 is 5.32 Å². The normalized spacial score (nSPS) is 22.9. The molecule has 1 aromatic rings. The summed E-state index contributed by atoms with van der Waals surface area (Å²) in [4.78, 5) is 24.9. The second kappa shape index (κ2) is 5.63. The monoisotopic (exact) mass is 292 g/mol. The zero-order valence-corrected chi connectivity index (χ0v) is 12.2. The summed E-state index contributed by atoms with van der Waals surface area (Å²) in [5.41, 5.74) is -0.0745. The zero-order valence-electron chi connectivity index (χ0n) is 12.2. The van der Waals surface area contributed by atoms with Crippen LogP contribution in [0.2, 0.25) is 0 Å². The van der Waals surface area contributed by atoms with Crippen molar-refractivity contribution in [3.63, 3.8) is 0 Å². The van der Waals surface area contributed by atoms with Gasteiger partial charge in [-0.15, -0.1) is 0 Å². The third-order valence-corrected chi connectivity index (χ3v) is 3.99. The molecule has 0 spiro atoms. The lowest BCUT2D eigenvalue weighted by molar-refractivity contribution is -0.147. The Balaban J connectivity index is 1.98. The van der Waals surface area contributed by atoms with Gasteiger partial charge in [0.05, 0.1) is 11.5 Å². The van der Waals surface area contributed by atoms with Crippen LogP contribution in [0.25, 0.3) is 0 Å².